The number of para-hydroxylation sites is 2. The molecule has 0 aromatic heterocycles. The van der Waals surface area contributed by atoms with E-state index in [9.17, 15) is 9.59 Å². The number of likely N-dealkylation sites (tertiary alicyclic amines) is 1. The minimum atomic E-state index is -0.635. The quantitative estimate of drug-likeness (QED) is 0.727. The number of hydrogen-bond acceptors (Lipinski definition) is 4. The number of nitrogens with zero attached hydrogens (tertiary/aromatic N) is 1. The van der Waals surface area contributed by atoms with E-state index in [1.165, 1.54) is 0 Å². The van der Waals surface area contributed by atoms with E-state index < -0.39 is 6.10 Å². The van der Waals surface area contributed by atoms with E-state index in [0.717, 1.165) is 31.6 Å². The molecule has 2 amide bonds. The number of hydrogen-bond donors (Lipinski definition) is 2. The van der Waals surface area contributed by atoms with Crippen LogP contribution >= 0.6 is 11.6 Å². The molecule has 29 heavy (non-hydrogen) atoms. The highest BCUT2D eigenvalue weighted by molar-refractivity contribution is 6.32. The van der Waals surface area contributed by atoms with Crippen LogP contribution in [0.25, 0.3) is 0 Å². The van der Waals surface area contributed by atoms with Crippen molar-refractivity contribution in [3.05, 3.63) is 59.6 Å². The summed E-state index contributed by atoms with van der Waals surface area (Å²) in [6.45, 7) is 3.57. The Morgan fingerprint density at radius 1 is 1.10 bits per heavy atom. The van der Waals surface area contributed by atoms with Crippen LogP contribution in [-0.4, -0.2) is 48.5 Å². The third kappa shape index (κ3) is 6.48. The van der Waals surface area contributed by atoms with Crippen LogP contribution in [0.5, 0.6) is 5.75 Å². The number of anilines is 1. The van der Waals surface area contributed by atoms with E-state index in [0.29, 0.717) is 17.3 Å². The lowest BCUT2D eigenvalue weighted by Gasteiger charge is -2.32. The number of halogens is 1. The van der Waals surface area contributed by atoms with Gasteiger partial charge in [-0.05, 0) is 44.0 Å². The second-order valence-electron chi connectivity index (χ2n) is 7.16. The standard InChI is InChI=1S/C22H26ClN3O3/c1-16(29-20-10-6-5-9-19(20)23)22(28)25-18-11-13-26(14-12-18)15-21(27)24-17-7-3-2-4-8-17/h2-10,16,18H,11-15H2,1H3,(H,24,27)(H,25,28). The van der Waals surface area contributed by atoms with Crippen LogP contribution in [0, 0.1) is 0 Å². The smallest absolute Gasteiger partial charge is 0.260 e. The zero-order valence-corrected chi connectivity index (χ0v) is 17.2. The summed E-state index contributed by atoms with van der Waals surface area (Å²) < 4.78 is 5.67. The largest absolute Gasteiger partial charge is 0.479 e. The monoisotopic (exact) mass is 415 g/mol. The van der Waals surface area contributed by atoms with Gasteiger partial charge in [-0.25, -0.2) is 0 Å². The number of benzene rings is 2. The van der Waals surface area contributed by atoms with Gasteiger partial charge in [0.2, 0.25) is 5.91 Å². The molecule has 7 heteroatoms. The van der Waals surface area contributed by atoms with Crippen molar-refractivity contribution in [1.82, 2.24) is 10.2 Å². The molecule has 0 radical (unpaired) electrons. The van der Waals surface area contributed by atoms with Crippen LogP contribution < -0.4 is 15.4 Å². The van der Waals surface area contributed by atoms with Crippen LogP contribution in [0.15, 0.2) is 54.6 Å². The van der Waals surface area contributed by atoms with Gasteiger partial charge in [0, 0.05) is 24.8 Å². The maximum Gasteiger partial charge on any atom is 0.260 e. The van der Waals surface area contributed by atoms with Gasteiger partial charge < -0.3 is 15.4 Å². The number of amides is 2. The van der Waals surface area contributed by atoms with Gasteiger partial charge in [-0.1, -0.05) is 41.9 Å². The molecule has 1 saturated heterocycles. The molecule has 1 heterocycles. The predicted octanol–water partition coefficient (Wildman–Crippen LogP) is 3.33. The lowest BCUT2D eigenvalue weighted by Crippen LogP contribution is -2.49. The Hall–Kier alpha value is -2.57. The van der Waals surface area contributed by atoms with Crippen molar-refractivity contribution in [2.75, 3.05) is 25.0 Å². The Morgan fingerprint density at radius 3 is 2.45 bits per heavy atom. The minimum Gasteiger partial charge on any atom is -0.479 e. The summed E-state index contributed by atoms with van der Waals surface area (Å²) in [7, 11) is 0. The van der Waals surface area contributed by atoms with E-state index in [2.05, 4.69) is 15.5 Å². The number of piperidine rings is 1. The molecule has 0 saturated carbocycles. The normalized spacial score (nSPS) is 16.1. The molecule has 1 aliphatic heterocycles. The molecule has 0 aliphatic carbocycles. The minimum absolute atomic E-state index is 0.0274. The summed E-state index contributed by atoms with van der Waals surface area (Å²) in [4.78, 5) is 26.7. The lowest BCUT2D eigenvalue weighted by atomic mass is 10.0. The van der Waals surface area contributed by atoms with Gasteiger partial charge in [0.05, 0.1) is 11.6 Å². The van der Waals surface area contributed by atoms with Crippen molar-refractivity contribution in [1.29, 1.82) is 0 Å². The highest BCUT2D eigenvalue weighted by Gasteiger charge is 2.24. The van der Waals surface area contributed by atoms with Crippen molar-refractivity contribution in [2.24, 2.45) is 0 Å². The topological polar surface area (TPSA) is 70.7 Å². The molecule has 1 unspecified atom stereocenters. The Kier molecular flexibility index (Phi) is 7.49. The molecule has 3 rings (SSSR count). The lowest BCUT2D eigenvalue weighted by molar-refractivity contribution is -0.128. The fourth-order valence-corrected chi connectivity index (χ4v) is 3.44. The van der Waals surface area contributed by atoms with E-state index in [1.54, 1.807) is 19.1 Å². The molecule has 0 spiro atoms. The SMILES string of the molecule is CC(Oc1ccccc1Cl)C(=O)NC1CCN(CC(=O)Nc2ccccc2)CC1. The summed E-state index contributed by atoms with van der Waals surface area (Å²) in [6.07, 6.45) is 0.955. The van der Waals surface area contributed by atoms with E-state index >= 15 is 0 Å². The van der Waals surface area contributed by atoms with Crippen LogP contribution in [-0.2, 0) is 9.59 Å². The molecule has 154 valence electrons. The summed E-state index contributed by atoms with van der Waals surface area (Å²) >= 11 is 6.08. The first-order chi connectivity index (χ1) is 14.0. The zero-order chi connectivity index (χ0) is 20.6. The van der Waals surface area contributed by atoms with Crippen molar-refractivity contribution in [3.8, 4) is 5.75 Å². The average Bonchev–Trinajstić information content (AvgIpc) is 2.72. The first-order valence-electron chi connectivity index (χ1n) is 9.80. The van der Waals surface area contributed by atoms with Crippen molar-refractivity contribution in [2.45, 2.75) is 31.9 Å². The molecular weight excluding hydrogens is 390 g/mol. The Bertz CT molecular complexity index is 823. The highest BCUT2D eigenvalue weighted by atomic mass is 35.5. The van der Waals surface area contributed by atoms with Gasteiger partial charge in [0.15, 0.2) is 6.10 Å². The fourth-order valence-electron chi connectivity index (χ4n) is 3.26. The van der Waals surface area contributed by atoms with Crippen molar-refractivity contribution >= 4 is 29.1 Å². The van der Waals surface area contributed by atoms with Crippen LogP contribution in [0.3, 0.4) is 0 Å². The van der Waals surface area contributed by atoms with Gasteiger partial charge in [-0.3, -0.25) is 14.5 Å². The van der Waals surface area contributed by atoms with Crippen LogP contribution in [0.1, 0.15) is 19.8 Å². The van der Waals surface area contributed by atoms with Gasteiger partial charge in [-0.15, -0.1) is 0 Å². The Morgan fingerprint density at radius 2 is 1.76 bits per heavy atom. The molecule has 1 aliphatic rings. The maximum atomic E-state index is 12.4. The van der Waals surface area contributed by atoms with Crippen molar-refractivity contribution < 1.29 is 14.3 Å². The van der Waals surface area contributed by atoms with Gasteiger partial charge >= 0.3 is 0 Å². The van der Waals surface area contributed by atoms with Crippen molar-refractivity contribution in [3.63, 3.8) is 0 Å². The molecular formula is C22H26ClN3O3. The number of carbonyl (C=O) groups excluding carboxylic acids is 2. The second kappa shape index (κ2) is 10.3. The second-order valence-corrected chi connectivity index (χ2v) is 7.57. The maximum absolute atomic E-state index is 12.4. The van der Waals surface area contributed by atoms with E-state index in [1.807, 2.05) is 42.5 Å². The summed E-state index contributed by atoms with van der Waals surface area (Å²) in [5, 5.41) is 6.42. The van der Waals surface area contributed by atoms with Gasteiger partial charge in [-0.2, -0.15) is 0 Å². The fraction of sp³-hybridized carbons (Fsp3) is 0.364. The van der Waals surface area contributed by atoms with Crippen LogP contribution in [0.4, 0.5) is 5.69 Å². The number of ether oxygens (including phenoxy) is 1. The molecule has 0 bridgehead atoms. The third-order valence-corrected chi connectivity index (χ3v) is 5.18. The number of nitrogens with one attached hydrogen (secondary N) is 2. The third-order valence-electron chi connectivity index (χ3n) is 4.87. The molecule has 6 nitrogen and oxygen atoms in total. The number of carbonyl (C=O) groups is 2. The zero-order valence-electron chi connectivity index (χ0n) is 16.4. The first kappa shape index (κ1) is 21.1. The average molecular weight is 416 g/mol. The summed E-state index contributed by atoms with van der Waals surface area (Å²) in [6, 6.07) is 16.6. The molecule has 1 fully saturated rings. The highest BCUT2D eigenvalue weighted by Crippen LogP contribution is 2.24. The molecule has 1 atom stereocenters. The summed E-state index contributed by atoms with van der Waals surface area (Å²) in [5.74, 6) is 0.307. The first-order valence-corrected chi connectivity index (χ1v) is 10.2. The Balaban J connectivity index is 1.39. The van der Waals surface area contributed by atoms with Crippen LogP contribution in [0.2, 0.25) is 5.02 Å². The summed E-state index contributed by atoms with van der Waals surface area (Å²) in [5.41, 5.74) is 0.798. The Labute approximate surface area is 176 Å². The van der Waals surface area contributed by atoms with Gasteiger partial charge in [0.1, 0.15) is 5.75 Å². The number of rotatable bonds is 7. The molecule has 2 aromatic rings. The molecule has 2 N–H and O–H groups in total. The molecule has 2 aromatic carbocycles. The van der Waals surface area contributed by atoms with E-state index in [4.69, 9.17) is 16.3 Å². The predicted molar refractivity (Wildman–Crippen MR) is 114 cm³/mol. The van der Waals surface area contributed by atoms with Gasteiger partial charge in [0.25, 0.3) is 5.91 Å². The van der Waals surface area contributed by atoms with E-state index in [-0.39, 0.29) is 17.9 Å².